The number of anilines is 2. The molecule has 0 aromatic carbocycles. The van der Waals surface area contributed by atoms with Crippen LogP contribution in [0, 0.1) is 13.8 Å². The van der Waals surface area contributed by atoms with E-state index in [0.717, 1.165) is 28.7 Å². The highest BCUT2D eigenvalue weighted by molar-refractivity contribution is 5.56. The summed E-state index contributed by atoms with van der Waals surface area (Å²) in [5.41, 5.74) is 1.83. The van der Waals surface area contributed by atoms with Gasteiger partial charge in [-0.25, -0.2) is 9.97 Å². The van der Waals surface area contributed by atoms with E-state index in [1.54, 1.807) is 0 Å². The fourth-order valence-corrected chi connectivity index (χ4v) is 1.56. The molecule has 0 saturated heterocycles. The van der Waals surface area contributed by atoms with Crippen LogP contribution in [0.3, 0.4) is 0 Å². The summed E-state index contributed by atoms with van der Waals surface area (Å²) in [6.45, 7) is 4.41. The Morgan fingerprint density at radius 2 is 2.00 bits per heavy atom. The molecule has 0 radical (unpaired) electrons. The molecule has 0 unspecified atom stereocenters. The zero-order chi connectivity index (χ0) is 12.3. The molecule has 0 amide bonds. The number of aryl methyl sites for hydroxylation is 1. The van der Waals surface area contributed by atoms with Crippen LogP contribution >= 0.6 is 0 Å². The Bertz CT molecular complexity index is 508. The van der Waals surface area contributed by atoms with Gasteiger partial charge in [0.25, 0.3) is 0 Å². The third-order valence-corrected chi connectivity index (χ3v) is 2.43. The maximum Gasteiger partial charge on any atom is 0.134 e. The van der Waals surface area contributed by atoms with Crippen LogP contribution in [0.15, 0.2) is 16.9 Å². The van der Waals surface area contributed by atoms with Crippen molar-refractivity contribution in [3.8, 4) is 0 Å². The second kappa shape index (κ2) is 4.82. The van der Waals surface area contributed by atoms with Crippen LogP contribution in [0.25, 0.3) is 0 Å². The van der Waals surface area contributed by atoms with Gasteiger partial charge in [0.1, 0.15) is 29.4 Å². The maximum absolute atomic E-state index is 4.99. The van der Waals surface area contributed by atoms with Crippen molar-refractivity contribution in [1.29, 1.82) is 0 Å². The third kappa shape index (κ3) is 2.52. The van der Waals surface area contributed by atoms with Gasteiger partial charge in [-0.15, -0.1) is 0 Å². The summed E-state index contributed by atoms with van der Waals surface area (Å²) in [4.78, 5) is 8.31. The minimum absolute atomic E-state index is 0.582. The van der Waals surface area contributed by atoms with Gasteiger partial charge >= 0.3 is 0 Å². The van der Waals surface area contributed by atoms with Gasteiger partial charge in [0.15, 0.2) is 0 Å². The van der Waals surface area contributed by atoms with Crippen LogP contribution in [0.5, 0.6) is 0 Å². The van der Waals surface area contributed by atoms with Crippen molar-refractivity contribution in [1.82, 2.24) is 15.1 Å². The zero-order valence-electron chi connectivity index (χ0n) is 10.1. The number of aromatic nitrogens is 3. The Kier molecular flexibility index (Phi) is 3.22. The summed E-state index contributed by atoms with van der Waals surface area (Å²) >= 11 is 0. The van der Waals surface area contributed by atoms with Gasteiger partial charge in [0.2, 0.25) is 0 Å². The Morgan fingerprint density at radius 3 is 2.65 bits per heavy atom. The molecule has 2 aromatic rings. The number of nitrogens with zero attached hydrogens (tertiary/aromatic N) is 3. The van der Waals surface area contributed by atoms with Gasteiger partial charge in [0, 0.05) is 18.7 Å². The lowest BCUT2D eigenvalue weighted by Gasteiger charge is -2.09. The monoisotopic (exact) mass is 233 g/mol. The van der Waals surface area contributed by atoms with Gasteiger partial charge in [0.05, 0.1) is 6.54 Å². The summed E-state index contributed by atoms with van der Waals surface area (Å²) < 4.78 is 4.99. The highest BCUT2D eigenvalue weighted by atomic mass is 16.5. The predicted molar refractivity (Wildman–Crippen MR) is 64.9 cm³/mol. The first-order valence-corrected chi connectivity index (χ1v) is 5.36. The summed E-state index contributed by atoms with van der Waals surface area (Å²) in [5.74, 6) is 2.42. The van der Waals surface area contributed by atoms with Gasteiger partial charge in [-0.05, 0) is 13.8 Å². The predicted octanol–water partition coefficient (Wildman–Crippen LogP) is 1.74. The van der Waals surface area contributed by atoms with Crippen molar-refractivity contribution < 1.29 is 4.52 Å². The molecule has 0 aliphatic rings. The van der Waals surface area contributed by atoms with Crippen LogP contribution in [-0.2, 0) is 6.54 Å². The molecular weight excluding hydrogens is 218 g/mol. The average Bonchev–Trinajstić information content (AvgIpc) is 2.74. The minimum Gasteiger partial charge on any atom is -0.373 e. The van der Waals surface area contributed by atoms with Gasteiger partial charge in [-0.1, -0.05) is 5.16 Å². The zero-order valence-corrected chi connectivity index (χ0v) is 10.1. The van der Waals surface area contributed by atoms with Crippen LogP contribution < -0.4 is 10.6 Å². The van der Waals surface area contributed by atoms with Gasteiger partial charge in [-0.2, -0.15) is 0 Å². The number of nitrogens with one attached hydrogen (secondary N) is 2. The molecule has 2 N–H and O–H groups in total. The van der Waals surface area contributed by atoms with E-state index in [9.17, 15) is 0 Å². The first kappa shape index (κ1) is 11.4. The quantitative estimate of drug-likeness (QED) is 0.837. The van der Waals surface area contributed by atoms with E-state index in [-0.39, 0.29) is 0 Å². The Morgan fingerprint density at radius 1 is 1.24 bits per heavy atom. The van der Waals surface area contributed by atoms with Crippen molar-refractivity contribution in [2.45, 2.75) is 20.4 Å². The number of hydrogen-bond acceptors (Lipinski definition) is 6. The van der Waals surface area contributed by atoms with E-state index < -0.39 is 0 Å². The molecule has 6 nitrogen and oxygen atoms in total. The second-order valence-electron chi connectivity index (χ2n) is 3.73. The van der Waals surface area contributed by atoms with E-state index in [2.05, 4.69) is 25.8 Å². The molecule has 0 aliphatic carbocycles. The first-order valence-electron chi connectivity index (χ1n) is 5.36. The summed E-state index contributed by atoms with van der Waals surface area (Å²) in [7, 11) is 1.83. The normalized spacial score (nSPS) is 10.3. The fraction of sp³-hybridized carbons (Fsp3) is 0.364. The average molecular weight is 233 g/mol. The van der Waals surface area contributed by atoms with Crippen LogP contribution in [0.2, 0.25) is 0 Å². The Hall–Kier alpha value is -2.11. The number of rotatable bonds is 4. The van der Waals surface area contributed by atoms with Crippen molar-refractivity contribution in [2.24, 2.45) is 0 Å². The highest BCUT2D eigenvalue weighted by Gasteiger charge is 2.06. The van der Waals surface area contributed by atoms with Gasteiger partial charge < -0.3 is 15.2 Å². The van der Waals surface area contributed by atoms with Crippen LogP contribution in [0.1, 0.15) is 17.0 Å². The molecule has 0 bridgehead atoms. The molecule has 17 heavy (non-hydrogen) atoms. The van der Waals surface area contributed by atoms with E-state index in [0.29, 0.717) is 6.54 Å². The van der Waals surface area contributed by atoms with E-state index in [1.165, 1.54) is 6.33 Å². The maximum atomic E-state index is 4.99. The van der Waals surface area contributed by atoms with Crippen molar-refractivity contribution >= 4 is 11.6 Å². The first-order chi connectivity index (χ1) is 8.20. The molecule has 2 aromatic heterocycles. The number of hydrogen-bond donors (Lipinski definition) is 2. The standard InChI is InChI=1S/C11H15N5O/c1-7-4-9(16-17-7)5-13-11-8(2)10(12-3)14-6-15-11/h4,6H,5H2,1-3H3,(H2,12,13,14,15). The lowest BCUT2D eigenvalue weighted by atomic mass is 10.3. The molecule has 0 saturated carbocycles. The SMILES string of the molecule is CNc1ncnc(NCc2cc(C)on2)c1C. The van der Waals surface area contributed by atoms with E-state index in [4.69, 9.17) is 4.52 Å². The van der Waals surface area contributed by atoms with E-state index in [1.807, 2.05) is 27.0 Å². The van der Waals surface area contributed by atoms with Crippen molar-refractivity contribution in [3.05, 3.63) is 29.4 Å². The largest absolute Gasteiger partial charge is 0.373 e. The molecule has 0 spiro atoms. The summed E-state index contributed by atoms with van der Waals surface area (Å²) in [6, 6.07) is 1.89. The summed E-state index contributed by atoms with van der Waals surface area (Å²) in [5, 5.41) is 10.1. The molecule has 2 rings (SSSR count). The fourth-order valence-electron chi connectivity index (χ4n) is 1.56. The highest BCUT2D eigenvalue weighted by Crippen LogP contribution is 2.18. The van der Waals surface area contributed by atoms with Crippen LogP contribution in [0.4, 0.5) is 11.6 Å². The smallest absolute Gasteiger partial charge is 0.134 e. The topological polar surface area (TPSA) is 75.9 Å². The van der Waals surface area contributed by atoms with Crippen molar-refractivity contribution in [2.75, 3.05) is 17.7 Å². The van der Waals surface area contributed by atoms with E-state index >= 15 is 0 Å². The summed E-state index contributed by atoms with van der Waals surface area (Å²) in [6.07, 6.45) is 1.52. The lowest BCUT2D eigenvalue weighted by molar-refractivity contribution is 0.391. The van der Waals surface area contributed by atoms with Gasteiger partial charge in [-0.3, -0.25) is 0 Å². The Labute approximate surface area is 99.5 Å². The molecule has 2 heterocycles. The Balaban J connectivity index is 2.09. The molecule has 0 aliphatic heterocycles. The minimum atomic E-state index is 0.582. The van der Waals surface area contributed by atoms with Crippen molar-refractivity contribution in [3.63, 3.8) is 0 Å². The van der Waals surface area contributed by atoms with Crippen LogP contribution in [-0.4, -0.2) is 22.2 Å². The molecule has 0 fully saturated rings. The molecular formula is C11H15N5O. The second-order valence-corrected chi connectivity index (χ2v) is 3.73. The lowest BCUT2D eigenvalue weighted by Crippen LogP contribution is -2.06. The molecule has 6 heteroatoms. The molecule has 0 atom stereocenters. The third-order valence-electron chi connectivity index (χ3n) is 2.43. The molecule has 90 valence electrons.